The summed E-state index contributed by atoms with van der Waals surface area (Å²) in [6.45, 7) is 2.05. The molecule has 0 bridgehead atoms. The fraction of sp³-hybridized carbons (Fsp3) is 0.348. The topological polar surface area (TPSA) is 84.5 Å². The number of hydrogen-bond acceptors (Lipinski definition) is 4. The molecule has 0 saturated heterocycles. The molecule has 0 saturated carbocycles. The third kappa shape index (κ3) is 4.65. The maximum absolute atomic E-state index is 12.4. The Morgan fingerprint density at radius 1 is 1.00 bits per heavy atom. The fourth-order valence-corrected chi connectivity index (χ4v) is 3.77. The van der Waals surface area contributed by atoms with Crippen LogP contribution >= 0.6 is 0 Å². The minimum absolute atomic E-state index is 0.0439. The molecule has 0 aromatic heterocycles. The van der Waals surface area contributed by atoms with Gasteiger partial charge in [-0.05, 0) is 28.7 Å². The van der Waals surface area contributed by atoms with Crippen molar-refractivity contribution in [3.8, 4) is 11.1 Å². The highest BCUT2D eigenvalue weighted by molar-refractivity contribution is 5.91. The molecule has 152 valence electrons. The van der Waals surface area contributed by atoms with Gasteiger partial charge in [-0.1, -0.05) is 55.5 Å². The largest absolute Gasteiger partial charge is 0.449 e. The van der Waals surface area contributed by atoms with Crippen molar-refractivity contribution in [2.24, 2.45) is 0 Å². The molecule has 29 heavy (non-hydrogen) atoms. The monoisotopic (exact) mass is 394 g/mol. The molecule has 1 atom stereocenters. The Kier molecular flexibility index (Phi) is 6.65. The standard InChI is InChI=1S/C23H26N2O4/c1-3-8-15(26)13-21(22(27)24-2)25-23(28)29-14-20-18-11-6-4-9-16(18)17-10-5-7-12-19(17)20/h4-7,9-12,20-21H,3,8,13-14H2,1-2H3,(H,24,27)(H,25,28). The quantitative estimate of drug-likeness (QED) is 0.719. The van der Waals surface area contributed by atoms with E-state index in [-0.39, 0.29) is 24.7 Å². The lowest BCUT2D eigenvalue weighted by Crippen LogP contribution is -2.47. The van der Waals surface area contributed by atoms with Crippen molar-refractivity contribution in [2.75, 3.05) is 13.7 Å². The van der Waals surface area contributed by atoms with E-state index in [1.807, 2.05) is 43.3 Å². The van der Waals surface area contributed by atoms with Gasteiger partial charge in [-0.2, -0.15) is 0 Å². The summed E-state index contributed by atoms with van der Waals surface area (Å²) >= 11 is 0. The molecular formula is C23H26N2O4. The Morgan fingerprint density at radius 3 is 2.14 bits per heavy atom. The van der Waals surface area contributed by atoms with Gasteiger partial charge < -0.3 is 15.4 Å². The highest BCUT2D eigenvalue weighted by Crippen LogP contribution is 2.44. The lowest BCUT2D eigenvalue weighted by Gasteiger charge is -2.18. The van der Waals surface area contributed by atoms with Gasteiger partial charge in [-0.25, -0.2) is 4.79 Å². The molecular weight excluding hydrogens is 368 g/mol. The average molecular weight is 394 g/mol. The predicted molar refractivity (Wildman–Crippen MR) is 111 cm³/mol. The number of fused-ring (bicyclic) bond motifs is 3. The summed E-state index contributed by atoms with van der Waals surface area (Å²) in [4.78, 5) is 36.3. The summed E-state index contributed by atoms with van der Waals surface area (Å²) in [6.07, 6.45) is 0.326. The number of likely N-dealkylation sites (N-methyl/N-ethyl adjacent to an activating group) is 1. The molecule has 6 heteroatoms. The number of Topliss-reactive ketones (excluding diaryl/α,β-unsaturated/α-hetero) is 1. The maximum Gasteiger partial charge on any atom is 0.407 e. The van der Waals surface area contributed by atoms with Gasteiger partial charge in [0.2, 0.25) is 5.91 Å². The number of carbonyl (C=O) groups excluding carboxylic acids is 3. The third-order valence-electron chi connectivity index (χ3n) is 5.16. The predicted octanol–water partition coefficient (Wildman–Crippen LogP) is 3.40. The van der Waals surface area contributed by atoms with Crippen LogP contribution in [0.1, 0.15) is 43.2 Å². The summed E-state index contributed by atoms with van der Waals surface area (Å²) in [5.41, 5.74) is 4.51. The second-order valence-electron chi connectivity index (χ2n) is 7.13. The second kappa shape index (κ2) is 9.37. The molecule has 0 fully saturated rings. The van der Waals surface area contributed by atoms with Gasteiger partial charge in [0.1, 0.15) is 18.4 Å². The van der Waals surface area contributed by atoms with Gasteiger partial charge in [0.15, 0.2) is 0 Å². The Balaban J connectivity index is 1.67. The zero-order valence-corrected chi connectivity index (χ0v) is 16.7. The molecule has 1 aliphatic rings. The molecule has 1 unspecified atom stereocenters. The number of alkyl carbamates (subject to hydrolysis) is 1. The number of amides is 2. The van der Waals surface area contributed by atoms with Gasteiger partial charge in [0.05, 0.1) is 0 Å². The lowest BCUT2D eigenvalue weighted by molar-refractivity contribution is -0.127. The molecule has 2 aromatic rings. The van der Waals surface area contributed by atoms with Crippen LogP contribution in [0, 0.1) is 0 Å². The van der Waals surface area contributed by atoms with E-state index in [0.29, 0.717) is 12.8 Å². The number of ketones is 1. The summed E-state index contributed by atoms with van der Waals surface area (Å²) in [6, 6.07) is 15.2. The summed E-state index contributed by atoms with van der Waals surface area (Å²) < 4.78 is 5.47. The van der Waals surface area contributed by atoms with Crippen molar-refractivity contribution in [1.29, 1.82) is 0 Å². The van der Waals surface area contributed by atoms with Crippen LogP contribution in [0.15, 0.2) is 48.5 Å². The Morgan fingerprint density at radius 2 is 1.59 bits per heavy atom. The average Bonchev–Trinajstić information content (AvgIpc) is 3.05. The molecule has 1 aliphatic carbocycles. The van der Waals surface area contributed by atoms with E-state index < -0.39 is 18.0 Å². The summed E-state index contributed by atoms with van der Waals surface area (Å²) in [5, 5.41) is 5.01. The molecule has 2 aromatic carbocycles. The van der Waals surface area contributed by atoms with Gasteiger partial charge in [-0.3, -0.25) is 9.59 Å². The Hall–Kier alpha value is -3.15. The van der Waals surface area contributed by atoms with Crippen LogP contribution in [0.5, 0.6) is 0 Å². The molecule has 0 heterocycles. The fourth-order valence-electron chi connectivity index (χ4n) is 3.77. The van der Waals surface area contributed by atoms with Gasteiger partial charge in [-0.15, -0.1) is 0 Å². The highest BCUT2D eigenvalue weighted by Gasteiger charge is 2.30. The van der Waals surface area contributed by atoms with Crippen LogP contribution < -0.4 is 10.6 Å². The zero-order chi connectivity index (χ0) is 20.8. The summed E-state index contributed by atoms with van der Waals surface area (Å²) in [7, 11) is 1.47. The number of nitrogens with one attached hydrogen (secondary N) is 2. The van der Waals surface area contributed by atoms with Crippen molar-refractivity contribution in [1.82, 2.24) is 10.6 Å². The van der Waals surface area contributed by atoms with Crippen LogP contribution in [-0.2, 0) is 14.3 Å². The zero-order valence-electron chi connectivity index (χ0n) is 16.7. The third-order valence-corrected chi connectivity index (χ3v) is 5.16. The molecule has 0 radical (unpaired) electrons. The van der Waals surface area contributed by atoms with Crippen molar-refractivity contribution in [2.45, 2.75) is 38.1 Å². The number of benzene rings is 2. The molecule has 0 aliphatic heterocycles. The highest BCUT2D eigenvalue weighted by atomic mass is 16.5. The van der Waals surface area contributed by atoms with Crippen molar-refractivity contribution in [3.63, 3.8) is 0 Å². The van der Waals surface area contributed by atoms with Crippen LogP contribution in [0.4, 0.5) is 4.79 Å². The normalized spacial score (nSPS) is 13.2. The number of ether oxygens (including phenoxy) is 1. The van der Waals surface area contributed by atoms with E-state index in [0.717, 1.165) is 22.3 Å². The van der Waals surface area contributed by atoms with Crippen LogP contribution in [-0.4, -0.2) is 37.5 Å². The first kappa shape index (κ1) is 20.6. The maximum atomic E-state index is 12.4. The molecule has 2 amide bonds. The first-order chi connectivity index (χ1) is 14.0. The van der Waals surface area contributed by atoms with E-state index >= 15 is 0 Å². The van der Waals surface area contributed by atoms with Crippen molar-refractivity contribution in [3.05, 3.63) is 59.7 Å². The van der Waals surface area contributed by atoms with E-state index in [9.17, 15) is 14.4 Å². The van der Waals surface area contributed by atoms with Crippen LogP contribution in [0.3, 0.4) is 0 Å². The van der Waals surface area contributed by atoms with Crippen molar-refractivity contribution >= 4 is 17.8 Å². The lowest BCUT2D eigenvalue weighted by atomic mass is 9.98. The minimum atomic E-state index is -0.935. The minimum Gasteiger partial charge on any atom is -0.449 e. The smallest absolute Gasteiger partial charge is 0.407 e. The molecule has 2 N–H and O–H groups in total. The van der Waals surface area contributed by atoms with Gasteiger partial charge in [0.25, 0.3) is 0 Å². The molecule has 0 spiro atoms. The van der Waals surface area contributed by atoms with Gasteiger partial charge in [0, 0.05) is 25.8 Å². The Labute approximate surface area is 170 Å². The van der Waals surface area contributed by atoms with E-state index in [1.165, 1.54) is 7.05 Å². The van der Waals surface area contributed by atoms with E-state index in [1.54, 1.807) is 0 Å². The van der Waals surface area contributed by atoms with Gasteiger partial charge >= 0.3 is 6.09 Å². The number of rotatable bonds is 8. The second-order valence-corrected chi connectivity index (χ2v) is 7.13. The number of hydrogen-bond donors (Lipinski definition) is 2. The van der Waals surface area contributed by atoms with Crippen molar-refractivity contribution < 1.29 is 19.1 Å². The molecule has 6 nitrogen and oxygen atoms in total. The van der Waals surface area contributed by atoms with E-state index in [4.69, 9.17) is 4.74 Å². The first-order valence-electron chi connectivity index (χ1n) is 9.90. The summed E-state index contributed by atoms with van der Waals surface area (Å²) in [5.74, 6) is -0.545. The molecule has 3 rings (SSSR count). The van der Waals surface area contributed by atoms with E-state index in [2.05, 4.69) is 22.8 Å². The van der Waals surface area contributed by atoms with Crippen LogP contribution in [0.25, 0.3) is 11.1 Å². The SMILES string of the molecule is CCCC(=O)CC(NC(=O)OCC1c2ccccc2-c2ccccc21)C(=O)NC. The first-order valence-corrected chi connectivity index (χ1v) is 9.90. The van der Waals surface area contributed by atoms with Crippen LogP contribution in [0.2, 0.25) is 0 Å². The Bertz CT molecular complexity index is 864. The number of carbonyl (C=O) groups is 3.